The summed E-state index contributed by atoms with van der Waals surface area (Å²) in [5, 5.41) is 4.40. The van der Waals surface area contributed by atoms with E-state index in [4.69, 9.17) is 11.6 Å². The third kappa shape index (κ3) is 2.23. The van der Waals surface area contributed by atoms with E-state index in [1.165, 1.54) is 0 Å². The van der Waals surface area contributed by atoms with Gasteiger partial charge in [-0.1, -0.05) is 11.6 Å². The van der Waals surface area contributed by atoms with Crippen molar-refractivity contribution in [2.24, 2.45) is 0 Å². The largest absolute Gasteiger partial charge is 0.290 e. The Balaban J connectivity index is 2.40. The third-order valence-electron chi connectivity index (χ3n) is 1.66. The molecule has 2 aromatic rings. The van der Waals surface area contributed by atoms with Gasteiger partial charge in [-0.05, 0) is 6.07 Å². The first-order valence-electron chi connectivity index (χ1n) is 4.27. The lowest BCUT2D eigenvalue weighted by molar-refractivity contribution is 0.832. The van der Waals surface area contributed by atoms with Crippen LogP contribution in [0.5, 0.6) is 0 Å². The Morgan fingerprint density at radius 3 is 2.93 bits per heavy atom. The van der Waals surface area contributed by atoms with Crippen molar-refractivity contribution in [3.05, 3.63) is 29.7 Å². The van der Waals surface area contributed by atoms with E-state index in [0.717, 1.165) is 0 Å². The summed E-state index contributed by atoms with van der Waals surface area (Å²) < 4.78 is 1.61. The molecule has 0 aliphatic heterocycles. The summed E-state index contributed by atoms with van der Waals surface area (Å²) in [6, 6.07) is 3.44. The summed E-state index contributed by atoms with van der Waals surface area (Å²) in [6.07, 6.45) is 3.45. The molecule has 0 spiro atoms. The first-order chi connectivity index (χ1) is 7.29. The maximum atomic E-state index is 5.84. The molecule has 0 saturated carbocycles. The summed E-state index contributed by atoms with van der Waals surface area (Å²) in [5.41, 5.74) is 5.47. The number of rotatable bonds is 3. The van der Waals surface area contributed by atoms with E-state index in [1.54, 1.807) is 36.3 Å². The highest BCUT2D eigenvalue weighted by Crippen LogP contribution is 2.12. The number of nitrogens with one attached hydrogen (secondary N) is 2. The average Bonchev–Trinajstić information content (AvgIpc) is 2.70. The van der Waals surface area contributed by atoms with Crippen molar-refractivity contribution in [3.8, 4) is 5.82 Å². The molecule has 0 atom stereocenters. The first kappa shape index (κ1) is 9.88. The average molecular weight is 225 g/mol. The van der Waals surface area contributed by atoms with Crippen molar-refractivity contribution >= 4 is 17.5 Å². The number of hydrogen-bond acceptors (Lipinski definition) is 5. The molecule has 0 fully saturated rings. The number of anilines is 1. The zero-order chi connectivity index (χ0) is 10.7. The number of nitrogens with zero attached hydrogens (tertiary/aromatic N) is 4. The Labute approximate surface area is 91.3 Å². The number of aromatic nitrogens is 4. The minimum atomic E-state index is 0.355. The SMILES string of the molecule is CNNc1nc(Cl)cc(-n2cccn2)n1. The van der Waals surface area contributed by atoms with Crippen LogP contribution in [0.25, 0.3) is 5.82 Å². The minimum Gasteiger partial charge on any atom is -0.290 e. The number of halogens is 1. The molecule has 6 nitrogen and oxygen atoms in total. The molecule has 2 heterocycles. The molecule has 0 unspecified atom stereocenters. The van der Waals surface area contributed by atoms with Crippen molar-refractivity contribution in [1.82, 2.24) is 25.2 Å². The molecule has 2 rings (SSSR count). The van der Waals surface area contributed by atoms with Gasteiger partial charge < -0.3 is 0 Å². The molecular weight excluding hydrogens is 216 g/mol. The van der Waals surface area contributed by atoms with Crippen molar-refractivity contribution in [3.63, 3.8) is 0 Å². The topological polar surface area (TPSA) is 67.7 Å². The summed E-state index contributed by atoms with van der Waals surface area (Å²) >= 11 is 5.84. The van der Waals surface area contributed by atoms with Gasteiger partial charge in [-0.2, -0.15) is 15.1 Å². The second-order valence-corrected chi connectivity index (χ2v) is 3.09. The minimum absolute atomic E-state index is 0.355. The van der Waals surface area contributed by atoms with Gasteiger partial charge in [0.05, 0.1) is 0 Å². The number of hydrogen-bond donors (Lipinski definition) is 2. The molecule has 0 amide bonds. The van der Waals surface area contributed by atoms with Crippen molar-refractivity contribution in [2.75, 3.05) is 12.5 Å². The standard InChI is InChI=1S/C8H9ClN6/c1-10-14-8-12-6(9)5-7(13-8)15-4-2-3-11-15/h2-5,10H,1H3,(H,12,13,14). The highest BCUT2D eigenvalue weighted by Gasteiger charge is 2.04. The van der Waals surface area contributed by atoms with E-state index in [-0.39, 0.29) is 0 Å². The van der Waals surface area contributed by atoms with Crippen LogP contribution in [0.3, 0.4) is 0 Å². The molecule has 2 N–H and O–H groups in total. The van der Waals surface area contributed by atoms with Gasteiger partial charge >= 0.3 is 0 Å². The lowest BCUT2D eigenvalue weighted by Gasteiger charge is -2.05. The lowest BCUT2D eigenvalue weighted by Crippen LogP contribution is -2.18. The van der Waals surface area contributed by atoms with Crippen molar-refractivity contribution < 1.29 is 0 Å². The van der Waals surface area contributed by atoms with Gasteiger partial charge in [0.25, 0.3) is 0 Å². The fraction of sp³-hybridized carbons (Fsp3) is 0.125. The van der Waals surface area contributed by atoms with Crippen LogP contribution >= 0.6 is 11.6 Å². The van der Waals surface area contributed by atoms with Gasteiger partial charge in [-0.25, -0.2) is 10.1 Å². The Morgan fingerprint density at radius 1 is 1.40 bits per heavy atom. The predicted molar refractivity (Wildman–Crippen MR) is 56.8 cm³/mol. The summed E-state index contributed by atoms with van der Waals surface area (Å²) in [5.74, 6) is 1.01. The van der Waals surface area contributed by atoms with Crippen LogP contribution in [0.4, 0.5) is 5.95 Å². The molecular formula is C8H9ClN6. The lowest BCUT2D eigenvalue weighted by atomic mass is 10.6. The number of hydrazine groups is 1. The second kappa shape index (κ2) is 4.24. The molecule has 0 aromatic carbocycles. The molecule has 0 aliphatic rings. The Morgan fingerprint density at radius 2 is 2.27 bits per heavy atom. The first-order valence-corrected chi connectivity index (χ1v) is 4.65. The quantitative estimate of drug-likeness (QED) is 0.598. The highest BCUT2D eigenvalue weighted by molar-refractivity contribution is 6.29. The zero-order valence-corrected chi connectivity index (χ0v) is 8.73. The highest BCUT2D eigenvalue weighted by atomic mass is 35.5. The summed E-state index contributed by atoms with van der Waals surface area (Å²) in [4.78, 5) is 8.17. The van der Waals surface area contributed by atoms with Gasteiger partial charge in [0.2, 0.25) is 5.95 Å². The van der Waals surface area contributed by atoms with E-state index in [1.807, 2.05) is 0 Å². The van der Waals surface area contributed by atoms with Crippen molar-refractivity contribution in [1.29, 1.82) is 0 Å². The molecule has 2 aromatic heterocycles. The predicted octanol–water partition coefficient (Wildman–Crippen LogP) is 0.862. The molecule has 78 valence electrons. The van der Waals surface area contributed by atoms with E-state index in [2.05, 4.69) is 25.9 Å². The van der Waals surface area contributed by atoms with Crippen LogP contribution in [0.2, 0.25) is 5.15 Å². The van der Waals surface area contributed by atoms with E-state index < -0.39 is 0 Å². The Bertz CT molecular complexity index is 440. The van der Waals surface area contributed by atoms with Crippen molar-refractivity contribution in [2.45, 2.75) is 0 Å². The van der Waals surface area contributed by atoms with Crippen LogP contribution in [0.15, 0.2) is 24.5 Å². The van der Waals surface area contributed by atoms with E-state index in [0.29, 0.717) is 16.9 Å². The van der Waals surface area contributed by atoms with E-state index >= 15 is 0 Å². The van der Waals surface area contributed by atoms with Crippen LogP contribution in [-0.4, -0.2) is 26.8 Å². The molecule has 0 radical (unpaired) electrons. The van der Waals surface area contributed by atoms with Gasteiger partial charge in [-0.3, -0.25) is 5.43 Å². The van der Waals surface area contributed by atoms with Crippen LogP contribution in [-0.2, 0) is 0 Å². The fourth-order valence-electron chi connectivity index (χ4n) is 1.10. The van der Waals surface area contributed by atoms with Crippen LogP contribution in [0.1, 0.15) is 0 Å². The smallest absolute Gasteiger partial charge is 0.240 e. The fourth-order valence-corrected chi connectivity index (χ4v) is 1.27. The molecule has 0 aliphatic carbocycles. The van der Waals surface area contributed by atoms with Crippen LogP contribution in [0, 0.1) is 0 Å². The normalized spacial score (nSPS) is 10.3. The van der Waals surface area contributed by atoms with Gasteiger partial charge in [0, 0.05) is 25.5 Å². The Hall–Kier alpha value is -1.66. The molecule has 7 heteroatoms. The maximum Gasteiger partial charge on any atom is 0.240 e. The van der Waals surface area contributed by atoms with Gasteiger partial charge in [0.1, 0.15) is 5.15 Å². The summed E-state index contributed by atoms with van der Waals surface area (Å²) in [7, 11) is 1.72. The Kier molecular flexibility index (Phi) is 2.79. The molecule has 0 saturated heterocycles. The second-order valence-electron chi connectivity index (χ2n) is 2.70. The molecule has 0 bridgehead atoms. The van der Waals surface area contributed by atoms with Gasteiger partial charge in [0.15, 0.2) is 5.82 Å². The maximum absolute atomic E-state index is 5.84. The van der Waals surface area contributed by atoms with Gasteiger partial charge in [-0.15, -0.1) is 0 Å². The zero-order valence-electron chi connectivity index (χ0n) is 7.98. The molecule has 15 heavy (non-hydrogen) atoms. The summed E-state index contributed by atoms with van der Waals surface area (Å²) in [6.45, 7) is 0. The third-order valence-corrected chi connectivity index (χ3v) is 1.85. The van der Waals surface area contributed by atoms with E-state index in [9.17, 15) is 0 Å². The monoisotopic (exact) mass is 224 g/mol. The van der Waals surface area contributed by atoms with Crippen LogP contribution < -0.4 is 10.9 Å².